The molecule has 0 N–H and O–H groups in total. The van der Waals surface area contributed by atoms with Crippen molar-refractivity contribution >= 4 is 29.4 Å². The highest BCUT2D eigenvalue weighted by Crippen LogP contribution is 2.36. The maximum atomic E-state index is 14.3. The fourth-order valence-electron chi connectivity index (χ4n) is 5.36. The Labute approximate surface area is 282 Å². The number of aromatic nitrogens is 1. The Bertz CT molecular complexity index is 2030. The maximum absolute atomic E-state index is 14.3. The Balaban J connectivity index is 1.59. The Morgan fingerprint density at radius 3 is 2.31 bits per heavy atom. The van der Waals surface area contributed by atoms with Crippen LogP contribution >= 0.6 is 11.3 Å². The number of methoxy groups -OCH3 is 1. The minimum atomic E-state index is -0.823. The summed E-state index contributed by atoms with van der Waals surface area (Å²) in [6.07, 6.45) is 1.60. The third-order valence-electron chi connectivity index (χ3n) is 7.46. The molecule has 1 aliphatic rings. The number of ether oxygens (including phenoxy) is 5. The molecular formula is C37H38N2O8S. The predicted molar refractivity (Wildman–Crippen MR) is 182 cm³/mol. The average Bonchev–Trinajstić information content (AvgIpc) is 3.37. The van der Waals surface area contributed by atoms with Crippen molar-refractivity contribution in [3.05, 3.63) is 120 Å². The lowest BCUT2D eigenvalue weighted by Crippen LogP contribution is -2.40. The first kappa shape index (κ1) is 34.2. The second-order valence-corrected chi connectivity index (χ2v) is 12.1. The SMILES string of the molecule is CCOC(=O)C1=C(C)N=c2s/c(=C\c3cccc(OC)c3OCc3ccc(C(=O)OCC)cc3)c(=O)n2[C@H]1c1ccccc1OC(C)C. The highest BCUT2D eigenvalue weighted by molar-refractivity contribution is 7.07. The maximum Gasteiger partial charge on any atom is 0.338 e. The van der Waals surface area contributed by atoms with E-state index >= 15 is 0 Å². The van der Waals surface area contributed by atoms with Crippen LogP contribution in [0.25, 0.3) is 6.08 Å². The van der Waals surface area contributed by atoms with Gasteiger partial charge in [-0.1, -0.05) is 53.8 Å². The normalized spacial score (nSPS) is 14.3. The van der Waals surface area contributed by atoms with Gasteiger partial charge in [0.1, 0.15) is 18.4 Å². The molecule has 0 spiro atoms. The number of fused-ring (bicyclic) bond motifs is 1. The minimum Gasteiger partial charge on any atom is -0.493 e. The fraction of sp³-hybridized carbons (Fsp3) is 0.297. The van der Waals surface area contributed by atoms with E-state index in [-0.39, 0.29) is 36.4 Å². The van der Waals surface area contributed by atoms with Crippen LogP contribution in [0, 0.1) is 0 Å². The topological polar surface area (TPSA) is 115 Å². The van der Waals surface area contributed by atoms with Crippen LogP contribution in [0.2, 0.25) is 0 Å². The highest BCUT2D eigenvalue weighted by Gasteiger charge is 2.35. The Morgan fingerprint density at radius 2 is 1.62 bits per heavy atom. The molecule has 1 aromatic heterocycles. The standard InChI is InChI=1S/C37H38N2O8S/c1-7-44-35(41)25-18-16-24(17-19-25)21-46-33-26(12-11-15-29(33)43-6)20-30-34(40)39-32(27-13-9-10-14-28(27)47-22(3)4)31(36(42)45-8-2)23(5)38-37(39)48-30/h9-20,22,32H,7-8,21H2,1-6H3/b30-20-/t32-/m0/s1. The molecule has 4 aromatic rings. The van der Waals surface area contributed by atoms with Crippen LogP contribution in [-0.4, -0.2) is 42.9 Å². The van der Waals surface area contributed by atoms with Crippen molar-refractivity contribution < 1.29 is 33.3 Å². The Kier molecular flexibility index (Phi) is 10.8. The molecule has 1 aliphatic heterocycles. The second-order valence-electron chi connectivity index (χ2n) is 11.1. The Hall–Kier alpha value is -5.16. The van der Waals surface area contributed by atoms with Gasteiger partial charge in [-0.2, -0.15) is 0 Å². The minimum absolute atomic E-state index is 0.139. The lowest BCUT2D eigenvalue weighted by Gasteiger charge is -2.26. The summed E-state index contributed by atoms with van der Waals surface area (Å²) >= 11 is 1.21. The zero-order valence-electron chi connectivity index (χ0n) is 27.8. The lowest BCUT2D eigenvalue weighted by atomic mass is 9.95. The van der Waals surface area contributed by atoms with E-state index in [0.717, 1.165) is 5.56 Å². The number of benzene rings is 3. The van der Waals surface area contributed by atoms with Gasteiger partial charge in [-0.25, -0.2) is 14.6 Å². The number of esters is 2. The summed E-state index contributed by atoms with van der Waals surface area (Å²) in [5.74, 6) is 0.549. The molecule has 0 bridgehead atoms. The zero-order chi connectivity index (χ0) is 34.4. The fourth-order valence-corrected chi connectivity index (χ4v) is 6.40. The van der Waals surface area contributed by atoms with Gasteiger partial charge in [0.2, 0.25) is 0 Å². The third kappa shape index (κ3) is 7.21. The first-order chi connectivity index (χ1) is 23.2. The van der Waals surface area contributed by atoms with Gasteiger partial charge in [-0.15, -0.1) is 0 Å². The number of rotatable bonds is 12. The summed E-state index contributed by atoms with van der Waals surface area (Å²) in [5, 5.41) is 0. The number of hydrogen-bond acceptors (Lipinski definition) is 10. The quantitative estimate of drug-likeness (QED) is 0.186. The number of nitrogens with zero attached hydrogens (tertiary/aromatic N) is 2. The van der Waals surface area contributed by atoms with Gasteiger partial charge in [0.25, 0.3) is 5.56 Å². The van der Waals surface area contributed by atoms with Crippen LogP contribution in [0.4, 0.5) is 0 Å². The zero-order valence-corrected chi connectivity index (χ0v) is 28.6. The van der Waals surface area contributed by atoms with Crippen molar-refractivity contribution in [1.29, 1.82) is 0 Å². The van der Waals surface area contributed by atoms with E-state index in [1.54, 1.807) is 64.3 Å². The van der Waals surface area contributed by atoms with Crippen LogP contribution in [0.3, 0.4) is 0 Å². The molecule has 0 unspecified atom stereocenters. The summed E-state index contributed by atoms with van der Waals surface area (Å²) < 4.78 is 30.4. The molecule has 0 saturated heterocycles. The molecule has 250 valence electrons. The number of thiazole rings is 1. The van der Waals surface area contributed by atoms with E-state index in [2.05, 4.69) is 0 Å². The van der Waals surface area contributed by atoms with Gasteiger partial charge in [-0.05, 0) is 70.5 Å². The molecule has 0 radical (unpaired) electrons. The number of carbonyl (C=O) groups excluding carboxylic acids is 2. The number of carbonyl (C=O) groups is 2. The van der Waals surface area contributed by atoms with Crippen LogP contribution in [-0.2, 0) is 20.9 Å². The van der Waals surface area contributed by atoms with Gasteiger partial charge in [0.05, 0.1) is 47.8 Å². The van der Waals surface area contributed by atoms with Crippen LogP contribution in [0.5, 0.6) is 17.2 Å². The van der Waals surface area contributed by atoms with Crippen LogP contribution in [0.15, 0.2) is 87.8 Å². The molecule has 11 heteroatoms. The molecule has 3 aromatic carbocycles. The number of allylic oxidation sites excluding steroid dienone is 1. The van der Waals surface area contributed by atoms with Crippen molar-refractivity contribution in [1.82, 2.24) is 4.57 Å². The van der Waals surface area contributed by atoms with Crippen molar-refractivity contribution in [3.8, 4) is 17.2 Å². The van der Waals surface area contributed by atoms with E-state index in [0.29, 0.717) is 55.6 Å². The van der Waals surface area contributed by atoms with E-state index in [9.17, 15) is 14.4 Å². The molecule has 5 rings (SSSR count). The van der Waals surface area contributed by atoms with Crippen molar-refractivity contribution in [2.24, 2.45) is 4.99 Å². The number of para-hydroxylation sites is 2. The monoisotopic (exact) mass is 670 g/mol. The summed E-state index contributed by atoms with van der Waals surface area (Å²) in [6.45, 7) is 9.73. The molecule has 0 saturated carbocycles. The summed E-state index contributed by atoms with van der Waals surface area (Å²) in [5.41, 5.74) is 2.94. The molecule has 0 aliphatic carbocycles. The average molecular weight is 671 g/mol. The van der Waals surface area contributed by atoms with E-state index in [1.807, 2.05) is 50.2 Å². The van der Waals surface area contributed by atoms with Gasteiger partial charge in [0.15, 0.2) is 16.3 Å². The van der Waals surface area contributed by atoms with Gasteiger partial charge < -0.3 is 23.7 Å². The Morgan fingerprint density at radius 1 is 0.938 bits per heavy atom. The molecule has 2 heterocycles. The first-order valence-electron chi connectivity index (χ1n) is 15.7. The molecule has 0 fully saturated rings. The van der Waals surface area contributed by atoms with E-state index in [4.69, 9.17) is 28.7 Å². The molecule has 0 amide bonds. The molecule has 1 atom stereocenters. The van der Waals surface area contributed by atoms with E-state index < -0.39 is 12.0 Å². The van der Waals surface area contributed by atoms with Crippen LogP contribution < -0.4 is 29.1 Å². The van der Waals surface area contributed by atoms with Crippen LogP contribution in [0.1, 0.15) is 67.7 Å². The second kappa shape index (κ2) is 15.2. The smallest absolute Gasteiger partial charge is 0.338 e. The third-order valence-corrected chi connectivity index (χ3v) is 8.44. The first-order valence-corrected chi connectivity index (χ1v) is 16.5. The van der Waals surface area contributed by atoms with Gasteiger partial charge in [0, 0.05) is 11.1 Å². The van der Waals surface area contributed by atoms with Crippen molar-refractivity contribution in [2.75, 3.05) is 20.3 Å². The van der Waals surface area contributed by atoms with Gasteiger partial charge >= 0.3 is 11.9 Å². The molecule has 48 heavy (non-hydrogen) atoms. The summed E-state index contributed by atoms with van der Waals surface area (Å²) in [4.78, 5) is 44.9. The predicted octanol–water partition coefficient (Wildman–Crippen LogP) is 5.35. The largest absolute Gasteiger partial charge is 0.493 e. The molecular weight excluding hydrogens is 632 g/mol. The highest BCUT2D eigenvalue weighted by atomic mass is 32.1. The van der Waals surface area contributed by atoms with Crippen molar-refractivity contribution in [2.45, 2.75) is 53.4 Å². The van der Waals surface area contributed by atoms with Gasteiger partial charge in [-0.3, -0.25) is 9.36 Å². The number of hydrogen-bond donors (Lipinski definition) is 0. The van der Waals surface area contributed by atoms with E-state index in [1.165, 1.54) is 15.9 Å². The summed E-state index contributed by atoms with van der Waals surface area (Å²) in [7, 11) is 1.55. The molecule has 10 nitrogen and oxygen atoms in total. The van der Waals surface area contributed by atoms with Crippen molar-refractivity contribution in [3.63, 3.8) is 0 Å². The lowest BCUT2D eigenvalue weighted by molar-refractivity contribution is -0.139. The summed E-state index contributed by atoms with van der Waals surface area (Å²) in [6, 6.07) is 18.9.